The number of nitrogens with zero attached hydrogens (tertiary/aromatic N) is 1. The summed E-state index contributed by atoms with van der Waals surface area (Å²) in [4.78, 5) is 0. The molecule has 0 N–H and O–H groups in total. The lowest BCUT2D eigenvalue weighted by Crippen LogP contribution is -1.94. The van der Waals surface area contributed by atoms with Crippen LogP contribution in [0.1, 0.15) is 0 Å². The zero-order valence-electron chi connectivity index (χ0n) is 17.4. The van der Waals surface area contributed by atoms with E-state index < -0.39 is 0 Å². The number of para-hydroxylation sites is 2. The predicted molar refractivity (Wildman–Crippen MR) is 139 cm³/mol. The number of rotatable bonds is 3. The van der Waals surface area contributed by atoms with Crippen LogP contribution in [-0.2, 0) is 0 Å². The first-order valence-corrected chi connectivity index (χ1v) is 11.5. The second kappa shape index (κ2) is 7.81. The Morgan fingerprint density at radius 3 is 1.56 bits per heavy atom. The molecule has 0 radical (unpaired) electrons. The maximum absolute atomic E-state index is 3.76. The van der Waals surface area contributed by atoms with E-state index in [1.165, 1.54) is 44.1 Å². The van der Waals surface area contributed by atoms with E-state index in [1.54, 1.807) is 0 Å². The smallest absolute Gasteiger partial charge is 0.0541 e. The molecule has 6 aromatic rings. The molecule has 0 fully saturated rings. The number of halogens is 1. The molecular weight excluding hydrogens is 454 g/mol. The van der Waals surface area contributed by atoms with Gasteiger partial charge in [0.05, 0.1) is 11.0 Å². The highest BCUT2D eigenvalue weighted by Crippen LogP contribution is 2.35. The molecule has 1 nitrogen and oxygen atoms in total. The highest BCUT2D eigenvalue weighted by atomic mass is 79.9. The van der Waals surface area contributed by atoms with Crippen LogP contribution in [0.2, 0.25) is 0 Å². The van der Waals surface area contributed by atoms with E-state index in [4.69, 9.17) is 0 Å². The van der Waals surface area contributed by atoms with E-state index in [-0.39, 0.29) is 0 Å². The summed E-state index contributed by atoms with van der Waals surface area (Å²) >= 11 is 3.76. The van der Waals surface area contributed by atoms with Crippen LogP contribution in [0.25, 0.3) is 49.7 Å². The largest absolute Gasteiger partial charge is 0.309 e. The van der Waals surface area contributed by atoms with Crippen LogP contribution in [0.3, 0.4) is 0 Å². The number of hydrogen-bond donors (Lipinski definition) is 0. The second-order valence-electron chi connectivity index (χ2n) is 8.01. The maximum Gasteiger partial charge on any atom is 0.0541 e. The molecule has 0 bridgehead atoms. The summed E-state index contributed by atoms with van der Waals surface area (Å²) in [6, 6.07) is 43.2. The summed E-state index contributed by atoms with van der Waals surface area (Å²) in [6.07, 6.45) is 0. The monoisotopic (exact) mass is 473 g/mol. The summed E-state index contributed by atoms with van der Waals surface area (Å²) in [6.45, 7) is 0. The van der Waals surface area contributed by atoms with Crippen molar-refractivity contribution in [1.29, 1.82) is 0 Å². The molecule has 0 unspecified atom stereocenters. The molecule has 1 aromatic heterocycles. The average molecular weight is 474 g/mol. The third-order valence-corrected chi connectivity index (χ3v) is 6.50. The summed E-state index contributed by atoms with van der Waals surface area (Å²) in [7, 11) is 0. The van der Waals surface area contributed by atoms with E-state index in [0.717, 1.165) is 10.2 Å². The normalized spacial score (nSPS) is 11.3. The molecule has 32 heavy (non-hydrogen) atoms. The number of aromatic nitrogens is 1. The average Bonchev–Trinajstić information content (AvgIpc) is 3.19. The maximum atomic E-state index is 3.76. The van der Waals surface area contributed by atoms with Gasteiger partial charge in [0.2, 0.25) is 0 Å². The molecule has 0 aliphatic rings. The number of fused-ring (bicyclic) bond motifs is 3. The highest BCUT2D eigenvalue weighted by molar-refractivity contribution is 9.10. The molecule has 2 heteroatoms. The fourth-order valence-corrected chi connectivity index (χ4v) is 5.04. The van der Waals surface area contributed by atoms with Gasteiger partial charge in [0.1, 0.15) is 0 Å². The molecule has 5 aromatic carbocycles. The van der Waals surface area contributed by atoms with Crippen molar-refractivity contribution in [3.8, 4) is 27.9 Å². The summed E-state index contributed by atoms with van der Waals surface area (Å²) < 4.78 is 3.43. The molecule has 0 spiro atoms. The van der Waals surface area contributed by atoms with E-state index in [1.807, 2.05) is 0 Å². The van der Waals surface area contributed by atoms with Crippen LogP contribution in [0.4, 0.5) is 0 Å². The Bertz CT molecular complexity index is 1510. The van der Waals surface area contributed by atoms with Gasteiger partial charge in [-0.15, -0.1) is 0 Å². The van der Waals surface area contributed by atoms with Gasteiger partial charge in [0.25, 0.3) is 0 Å². The van der Waals surface area contributed by atoms with Crippen LogP contribution < -0.4 is 0 Å². The van der Waals surface area contributed by atoms with Crippen molar-refractivity contribution >= 4 is 37.7 Å². The summed E-state index contributed by atoms with van der Waals surface area (Å²) in [5.74, 6) is 0. The van der Waals surface area contributed by atoms with Crippen LogP contribution in [-0.4, -0.2) is 4.57 Å². The Morgan fingerprint density at radius 2 is 0.938 bits per heavy atom. The Hall–Kier alpha value is -3.62. The van der Waals surface area contributed by atoms with E-state index in [2.05, 4.69) is 142 Å². The number of hydrogen-bond acceptors (Lipinski definition) is 0. The fourth-order valence-electron chi connectivity index (χ4n) is 4.56. The Morgan fingerprint density at radius 1 is 0.438 bits per heavy atom. The van der Waals surface area contributed by atoms with Crippen LogP contribution in [0.5, 0.6) is 0 Å². The predicted octanol–water partition coefficient (Wildman–Crippen LogP) is 8.88. The van der Waals surface area contributed by atoms with Crippen molar-refractivity contribution in [2.75, 3.05) is 0 Å². The zero-order chi connectivity index (χ0) is 21.5. The van der Waals surface area contributed by atoms with Gasteiger partial charge in [0.15, 0.2) is 0 Å². The molecular formula is C30H20BrN. The van der Waals surface area contributed by atoms with Gasteiger partial charge < -0.3 is 4.57 Å². The second-order valence-corrected chi connectivity index (χ2v) is 8.93. The minimum atomic E-state index is 1.07. The van der Waals surface area contributed by atoms with Gasteiger partial charge in [-0.2, -0.15) is 0 Å². The van der Waals surface area contributed by atoms with Gasteiger partial charge in [-0.1, -0.05) is 107 Å². The van der Waals surface area contributed by atoms with E-state index >= 15 is 0 Å². The Balaban J connectivity index is 1.50. The molecule has 1 heterocycles. The van der Waals surface area contributed by atoms with E-state index in [0.29, 0.717) is 0 Å². The Labute approximate surface area is 195 Å². The van der Waals surface area contributed by atoms with Gasteiger partial charge in [0, 0.05) is 20.9 Å². The van der Waals surface area contributed by atoms with Crippen molar-refractivity contribution in [3.05, 3.63) is 126 Å². The summed E-state index contributed by atoms with van der Waals surface area (Å²) in [5.41, 5.74) is 8.45. The Kier molecular flexibility index (Phi) is 4.66. The fraction of sp³-hybridized carbons (Fsp3) is 0. The molecule has 6 rings (SSSR count). The van der Waals surface area contributed by atoms with Crippen molar-refractivity contribution in [2.45, 2.75) is 0 Å². The molecule has 152 valence electrons. The first-order chi connectivity index (χ1) is 15.8. The summed E-state index contributed by atoms with van der Waals surface area (Å²) in [5, 5.41) is 2.55. The van der Waals surface area contributed by atoms with Crippen LogP contribution in [0, 0.1) is 0 Å². The van der Waals surface area contributed by atoms with Gasteiger partial charge in [-0.3, -0.25) is 0 Å². The lowest BCUT2D eigenvalue weighted by molar-refractivity contribution is 1.18. The molecule has 0 aliphatic carbocycles. The minimum absolute atomic E-state index is 1.07. The first kappa shape index (κ1) is 19.1. The van der Waals surface area contributed by atoms with Crippen molar-refractivity contribution < 1.29 is 0 Å². The van der Waals surface area contributed by atoms with Gasteiger partial charge in [-0.25, -0.2) is 0 Å². The SMILES string of the molecule is Brc1cc(-c2ccc(-c3ccccc3)cc2)cc(-n2c3ccccc3c3ccccc32)c1. The zero-order valence-corrected chi connectivity index (χ0v) is 19.0. The molecule has 0 amide bonds. The van der Waals surface area contributed by atoms with Crippen molar-refractivity contribution in [1.82, 2.24) is 4.57 Å². The molecule has 0 atom stereocenters. The standard InChI is InChI=1S/C30H20BrN/c31-25-18-24(23-16-14-22(15-17-23)21-8-2-1-3-9-21)19-26(20-25)32-29-12-6-4-10-27(29)28-11-5-7-13-30(28)32/h1-20H. The van der Waals surface area contributed by atoms with Gasteiger partial charge in [-0.05, 0) is 52.6 Å². The lowest BCUT2D eigenvalue weighted by atomic mass is 10.00. The lowest BCUT2D eigenvalue weighted by Gasteiger charge is -2.12. The molecule has 0 aliphatic heterocycles. The topological polar surface area (TPSA) is 4.93 Å². The van der Waals surface area contributed by atoms with Crippen LogP contribution >= 0.6 is 15.9 Å². The first-order valence-electron chi connectivity index (χ1n) is 10.7. The van der Waals surface area contributed by atoms with Crippen molar-refractivity contribution in [2.24, 2.45) is 0 Å². The van der Waals surface area contributed by atoms with E-state index in [9.17, 15) is 0 Å². The van der Waals surface area contributed by atoms with Crippen LogP contribution in [0.15, 0.2) is 126 Å². The third-order valence-electron chi connectivity index (χ3n) is 6.05. The van der Waals surface area contributed by atoms with Crippen molar-refractivity contribution in [3.63, 3.8) is 0 Å². The quantitative estimate of drug-likeness (QED) is 0.241. The molecule has 0 saturated carbocycles. The minimum Gasteiger partial charge on any atom is -0.309 e. The highest BCUT2D eigenvalue weighted by Gasteiger charge is 2.13. The third kappa shape index (κ3) is 3.24. The van der Waals surface area contributed by atoms with Gasteiger partial charge >= 0.3 is 0 Å². The number of benzene rings is 5. The molecule has 0 saturated heterocycles.